The molecule has 1 aromatic carbocycles. The number of halogens is 1. The number of ether oxygens (including phenoxy) is 1. The van der Waals surface area contributed by atoms with Gasteiger partial charge >= 0.3 is 0 Å². The third-order valence-electron chi connectivity index (χ3n) is 7.70. The van der Waals surface area contributed by atoms with Crippen LogP contribution in [0, 0.1) is 5.92 Å². The van der Waals surface area contributed by atoms with Gasteiger partial charge in [0.25, 0.3) is 5.91 Å². The second-order valence-electron chi connectivity index (χ2n) is 10.1. The van der Waals surface area contributed by atoms with E-state index in [1.165, 1.54) is 37.7 Å². The molecule has 0 bridgehead atoms. The largest absolute Gasteiger partial charge is 0.369 e. The Morgan fingerprint density at radius 3 is 2.63 bits per heavy atom. The number of rotatable bonds is 5. The number of hydrogen-bond donors (Lipinski definition) is 1. The Kier molecular flexibility index (Phi) is 6.24. The Balaban J connectivity index is 1.35. The monoisotopic (exact) mass is 477 g/mol. The molecule has 8 heteroatoms. The third-order valence-corrected chi connectivity index (χ3v) is 7.70. The summed E-state index contributed by atoms with van der Waals surface area (Å²) >= 11 is 0. The number of amides is 1. The van der Waals surface area contributed by atoms with Crippen LogP contribution in [0.4, 0.5) is 4.39 Å². The van der Waals surface area contributed by atoms with Crippen molar-refractivity contribution in [1.82, 2.24) is 24.8 Å². The fraction of sp³-hybridized carbons (Fsp3) is 0.519. The molecule has 3 fully saturated rings. The smallest absolute Gasteiger partial charge is 0.259 e. The van der Waals surface area contributed by atoms with Crippen molar-refractivity contribution in [1.29, 1.82) is 0 Å². The summed E-state index contributed by atoms with van der Waals surface area (Å²) in [5.74, 6) is 0.429. The van der Waals surface area contributed by atoms with Crippen molar-refractivity contribution in [3.05, 3.63) is 53.3 Å². The van der Waals surface area contributed by atoms with Crippen LogP contribution in [0.3, 0.4) is 0 Å². The summed E-state index contributed by atoms with van der Waals surface area (Å²) in [5.41, 5.74) is 4.82. The number of benzene rings is 1. The molecule has 6 rings (SSSR count). The standard InChI is InChI=1S/C27H32FN5O2/c28-14-18-16-32(17-18)27(34)24-25(23-15-29-11-13-35-23)31-33-12-10-22(30-26(24)33)21-8-6-20(7-9-21)19-4-2-1-3-5-19/h6-10,12,18-19,23,29H,1-5,11,13-17H2. The summed E-state index contributed by atoms with van der Waals surface area (Å²) in [6, 6.07) is 10.7. The van der Waals surface area contributed by atoms with E-state index in [1.54, 1.807) is 9.42 Å². The normalized spacial score (nSPS) is 21.9. The Morgan fingerprint density at radius 1 is 1.11 bits per heavy atom. The van der Waals surface area contributed by atoms with Gasteiger partial charge < -0.3 is 15.0 Å². The van der Waals surface area contributed by atoms with Gasteiger partial charge in [-0.05, 0) is 30.4 Å². The zero-order valence-corrected chi connectivity index (χ0v) is 20.0. The van der Waals surface area contributed by atoms with E-state index in [0.29, 0.717) is 49.1 Å². The number of alkyl halides is 1. The number of morpholine rings is 1. The zero-order chi connectivity index (χ0) is 23.8. The lowest BCUT2D eigenvalue weighted by atomic mass is 9.84. The lowest BCUT2D eigenvalue weighted by Gasteiger charge is -2.37. The molecule has 1 amide bonds. The quantitative estimate of drug-likeness (QED) is 0.598. The van der Waals surface area contributed by atoms with Gasteiger partial charge in [0.15, 0.2) is 5.65 Å². The molecule has 3 aliphatic rings. The molecule has 35 heavy (non-hydrogen) atoms. The molecular weight excluding hydrogens is 445 g/mol. The Hall–Kier alpha value is -2.84. The van der Waals surface area contributed by atoms with Crippen LogP contribution in [0.2, 0.25) is 0 Å². The second-order valence-corrected chi connectivity index (χ2v) is 10.1. The molecule has 1 atom stereocenters. The summed E-state index contributed by atoms with van der Waals surface area (Å²) in [5, 5.41) is 8.03. The number of likely N-dealkylation sites (tertiary alicyclic amines) is 1. The van der Waals surface area contributed by atoms with Crippen molar-refractivity contribution in [2.75, 3.05) is 39.5 Å². The van der Waals surface area contributed by atoms with Crippen molar-refractivity contribution in [2.24, 2.45) is 5.92 Å². The molecule has 184 valence electrons. The SMILES string of the molecule is O=C(c1c(C2CNCCO2)nn2ccc(-c3ccc(C4CCCCC4)cc3)nc12)N1CC(CF)C1. The summed E-state index contributed by atoms with van der Waals surface area (Å²) in [7, 11) is 0. The van der Waals surface area contributed by atoms with Crippen LogP contribution in [-0.4, -0.2) is 64.9 Å². The summed E-state index contributed by atoms with van der Waals surface area (Å²) in [6.07, 6.45) is 8.06. The van der Waals surface area contributed by atoms with Crippen molar-refractivity contribution < 1.29 is 13.9 Å². The van der Waals surface area contributed by atoms with Crippen LogP contribution >= 0.6 is 0 Å². The average molecular weight is 478 g/mol. The minimum Gasteiger partial charge on any atom is -0.369 e. The van der Waals surface area contributed by atoms with Crippen molar-refractivity contribution in [3.8, 4) is 11.3 Å². The van der Waals surface area contributed by atoms with Gasteiger partial charge in [0.1, 0.15) is 17.4 Å². The van der Waals surface area contributed by atoms with Crippen LogP contribution in [0.25, 0.3) is 16.9 Å². The van der Waals surface area contributed by atoms with E-state index in [4.69, 9.17) is 14.8 Å². The maximum absolute atomic E-state index is 13.5. The summed E-state index contributed by atoms with van der Waals surface area (Å²) < 4.78 is 20.7. The highest BCUT2D eigenvalue weighted by Gasteiger charge is 2.36. The lowest BCUT2D eigenvalue weighted by Crippen LogP contribution is -2.51. The van der Waals surface area contributed by atoms with E-state index in [-0.39, 0.29) is 17.9 Å². The van der Waals surface area contributed by atoms with Gasteiger partial charge in [0.05, 0.1) is 19.0 Å². The molecule has 1 saturated carbocycles. The van der Waals surface area contributed by atoms with Crippen LogP contribution in [0.5, 0.6) is 0 Å². The topological polar surface area (TPSA) is 71.8 Å². The van der Waals surface area contributed by atoms with Crippen molar-refractivity contribution in [2.45, 2.75) is 44.1 Å². The van der Waals surface area contributed by atoms with Gasteiger partial charge in [0, 0.05) is 43.9 Å². The first-order valence-corrected chi connectivity index (χ1v) is 12.9. The van der Waals surface area contributed by atoms with Crippen LogP contribution in [0.15, 0.2) is 36.5 Å². The number of hydrogen-bond acceptors (Lipinski definition) is 5. The van der Waals surface area contributed by atoms with E-state index < -0.39 is 6.67 Å². The number of carbonyl (C=O) groups is 1. The van der Waals surface area contributed by atoms with Gasteiger partial charge in [0.2, 0.25) is 0 Å². The predicted molar refractivity (Wildman–Crippen MR) is 131 cm³/mol. The minimum atomic E-state index is -0.402. The van der Waals surface area contributed by atoms with E-state index in [0.717, 1.165) is 17.8 Å². The molecule has 2 aromatic heterocycles. The van der Waals surface area contributed by atoms with Crippen LogP contribution in [-0.2, 0) is 4.74 Å². The predicted octanol–water partition coefficient (Wildman–Crippen LogP) is 4.15. The van der Waals surface area contributed by atoms with E-state index in [9.17, 15) is 9.18 Å². The Labute approximate surface area is 204 Å². The van der Waals surface area contributed by atoms with Gasteiger partial charge in [-0.2, -0.15) is 5.10 Å². The first-order chi connectivity index (χ1) is 17.2. The number of fused-ring (bicyclic) bond motifs is 1. The van der Waals surface area contributed by atoms with Gasteiger partial charge in [-0.3, -0.25) is 9.18 Å². The average Bonchev–Trinajstić information content (AvgIpc) is 3.28. The highest BCUT2D eigenvalue weighted by atomic mass is 19.1. The highest BCUT2D eigenvalue weighted by molar-refractivity contribution is 6.01. The van der Waals surface area contributed by atoms with Crippen molar-refractivity contribution >= 4 is 11.6 Å². The summed E-state index contributed by atoms with van der Waals surface area (Å²) in [4.78, 5) is 20.1. The Morgan fingerprint density at radius 2 is 1.91 bits per heavy atom. The van der Waals surface area contributed by atoms with Crippen molar-refractivity contribution in [3.63, 3.8) is 0 Å². The minimum absolute atomic E-state index is 0.0805. The molecule has 4 heterocycles. The van der Waals surface area contributed by atoms with Gasteiger partial charge in [-0.25, -0.2) is 9.50 Å². The Bertz CT molecular complexity index is 1190. The fourth-order valence-corrected chi connectivity index (χ4v) is 5.63. The van der Waals surface area contributed by atoms with Crippen LogP contribution in [0.1, 0.15) is 65.7 Å². The maximum Gasteiger partial charge on any atom is 0.259 e. The maximum atomic E-state index is 13.5. The zero-order valence-electron chi connectivity index (χ0n) is 20.0. The van der Waals surface area contributed by atoms with Crippen LogP contribution < -0.4 is 5.32 Å². The number of nitrogens with zero attached hydrogens (tertiary/aromatic N) is 4. The highest BCUT2D eigenvalue weighted by Crippen LogP contribution is 2.34. The summed E-state index contributed by atoms with van der Waals surface area (Å²) in [6.45, 7) is 2.38. The first-order valence-electron chi connectivity index (χ1n) is 12.9. The molecule has 3 aromatic rings. The molecule has 1 unspecified atom stereocenters. The van der Waals surface area contributed by atoms with E-state index in [2.05, 4.69) is 29.6 Å². The van der Waals surface area contributed by atoms with Gasteiger partial charge in [-0.1, -0.05) is 43.5 Å². The molecular formula is C27H32FN5O2. The molecule has 1 aliphatic carbocycles. The van der Waals surface area contributed by atoms with E-state index in [1.807, 2.05) is 12.3 Å². The lowest BCUT2D eigenvalue weighted by molar-refractivity contribution is 0.0226. The third kappa shape index (κ3) is 4.34. The number of carbonyl (C=O) groups excluding carboxylic acids is 1. The molecule has 0 spiro atoms. The molecule has 1 N–H and O–H groups in total. The number of aromatic nitrogens is 3. The molecule has 0 radical (unpaired) electrons. The number of nitrogens with one attached hydrogen (secondary N) is 1. The van der Waals surface area contributed by atoms with Gasteiger partial charge in [-0.15, -0.1) is 0 Å². The molecule has 2 aliphatic heterocycles. The molecule has 7 nitrogen and oxygen atoms in total. The van der Waals surface area contributed by atoms with E-state index >= 15 is 0 Å². The second kappa shape index (κ2) is 9.66. The molecule has 2 saturated heterocycles. The fourth-order valence-electron chi connectivity index (χ4n) is 5.63. The first kappa shape index (κ1) is 22.6.